The number of carbonyl (C=O) groups is 1. The van der Waals surface area contributed by atoms with Gasteiger partial charge in [0, 0.05) is 28.0 Å². The molecule has 4 aromatic rings. The van der Waals surface area contributed by atoms with E-state index in [2.05, 4.69) is 0 Å². The Bertz CT molecular complexity index is 1240. The van der Waals surface area contributed by atoms with E-state index in [0.29, 0.717) is 0 Å². The van der Waals surface area contributed by atoms with Gasteiger partial charge in [-0.2, -0.15) is 0 Å². The number of esters is 1. The fourth-order valence-corrected chi connectivity index (χ4v) is 7.25. The average molecular weight is 456 g/mol. The van der Waals surface area contributed by atoms with Crippen LogP contribution in [-0.2, 0) is 4.74 Å². The molecule has 33 heavy (non-hydrogen) atoms. The van der Waals surface area contributed by atoms with E-state index in [1.807, 2.05) is 91.0 Å². The van der Waals surface area contributed by atoms with E-state index in [9.17, 15) is 14.9 Å². The van der Waals surface area contributed by atoms with Crippen molar-refractivity contribution in [3.63, 3.8) is 0 Å². The van der Waals surface area contributed by atoms with Gasteiger partial charge in [0.25, 0.3) is 5.69 Å². The minimum absolute atomic E-state index is 0.145. The number of nitro groups is 1. The Morgan fingerprint density at radius 1 is 0.788 bits per heavy atom. The van der Waals surface area contributed by atoms with E-state index < -0.39 is 17.9 Å². The van der Waals surface area contributed by atoms with Crippen LogP contribution in [0.2, 0.25) is 0 Å². The van der Waals surface area contributed by atoms with Gasteiger partial charge in [0.2, 0.25) is 0 Å². The van der Waals surface area contributed by atoms with Crippen LogP contribution >= 0.6 is 7.05 Å². The Morgan fingerprint density at radius 3 is 1.64 bits per heavy atom. The van der Waals surface area contributed by atoms with Crippen molar-refractivity contribution >= 4 is 40.3 Å². The highest BCUT2D eigenvalue weighted by molar-refractivity contribution is 7.87. The first-order chi connectivity index (χ1) is 16.1. The van der Waals surface area contributed by atoms with Gasteiger partial charge in [-0.3, -0.25) is 14.9 Å². The summed E-state index contributed by atoms with van der Waals surface area (Å²) in [5.74, 6) is -0.601. The molecule has 0 heterocycles. The molecule has 0 atom stereocenters. The molecule has 0 aliphatic carbocycles. The summed E-state index contributed by atoms with van der Waals surface area (Å²) >= 11 is 0. The molecule has 0 saturated heterocycles. The minimum atomic E-state index is -2.71. The zero-order valence-electron chi connectivity index (χ0n) is 17.9. The summed E-state index contributed by atoms with van der Waals surface area (Å²) in [4.78, 5) is 23.6. The first kappa shape index (κ1) is 22.2. The van der Waals surface area contributed by atoms with Crippen LogP contribution in [0.5, 0.6) is 0 Å². The van der Waals surface area contributed by atoms with Crippen molar-refractivity contribution in [1.82, 2.24) is 0 Å². The first-order valence-electron chi connectivity index (χ1n) is 10.2. The monoisotopic (exact) mass is 456 g/mol. The highest BCUT2D eigenvalue weighted by Crippen LogP contribution is 2.50. The number of ether oxygens (including phenoxy) is 1. The lowest BCUT2D eigenvalue weighted by Gasteiger charge is -2.27. The third kappa shape index (κ3) is 4.34. The second kappa shape index (κ2) is 9.63. The van der Waals surface area contributed by atoms with Crippen LogP contribution < -0.4 is 15.9 Å². The summed E-state index contributed by atoms with van der Waals surface area (Å²) in [7, 11) is -1.43. The van der Waals surface area contributed by atoms with Crippen LogP contribution in [-0.4, -0.2) is 18.0 Å². The molecular weight excluding hydrogens is 435 g/mol. The normalized spacial score (nSPS) is 10.9. The number of benzene rings is 4. The largest absolute Gasteiger partial charge is 0.465 e. The third-order valence-electron chi connectivity index (χ3n) is 5.24. The van der Waals surface area contributed by atoms with E-state index in [1.165, 1.54) is 25.3 Å². The van der Waals surface area contributed by atoms with Crippen molar-refractivity contribution in [3.05, 3.63) is 125 Å². The van der Waals surface area contributed by atoms with Crippen LogP contribution in [0.25, 0.3) is 0 Å². The van der Waals surface area contributed by atoms with E-state index in [1.54, 1.807) is 0 Å². The predicted octanol–water partition coefficient (Wildman–Crippen LogP) is 5.19. The number of non-ortho nitro benzene ring substituents is 1. The SMILES string of the molecule is COC(=O)c1ccc([N+](=O)[O-])cc1N=P(c1ccccc1)(c1ccccc1)c1ccccc1. The van der Waals surface area contributed by atoms with Gasteiger partial charge in [-0.05, 0) is 6.07 Å². The number of methoxy groups -OCH3 is 1. The highest BCUT2D eigenvalue weighted by atomic mass is 31.2. The number of carbonyl (C=O) groups excluding carboxylic acids is 1. The van der Waals surface area contributed by atoms with Crippen LogP contribution in [0.15, 0.2) is 114 Å². The molecule has 0 radical (unpaired) electrons. The van der Waals surface area contributed by atoms with Gasteiger partial charge in [-0.25, -0.2) is 4.79 Å². The van der Waals surface area contributed by atoms with Crippen molar-refractivity contribution in [3.8, 4) is 0 Å². The van der Waals surface area contributed by atoms with Crippen LogP contribution in [0.3, 0.4) is 0 Å². The predicted molar refractivity (Wildman–Crippen MR) is 132 cm³/mol. The molecule has 0 N–H and O–H groups in total. The topological polar surface area (TPSA) is 81.8 Å². The van der Waals surface area contributed by atoms with Gasteiger partial charge in [-0.1, -0.05) is 91.0 Å². The summed E-state index contributed by atoms with van der Waals surface area (Å²) in [5, 5.41) is 14.4. The fourth-order valence-electron chi connectivity index (χ4n) is 3.71. The van der Waals surface area contributed by atoms with Gasteiger partial charge >= 0.3 is 5.97 Å². The maximum Gasteiger partial charge on any atom is 0.340 e. The Labute approximate surface area is 191 Å². The molecule has 0 bridgehead atoms. The maximum atomic E-state index is 12.6. The summed E-state index contributed by atoms with van der Waals surface area (Å²) in [6.07, 6.45) is 0. The van der Waals surface area contributed by atoms with Crippen LogP contribution in [0, 0.1) is 10.1 Å². The van der Waals surface area contributed by atoms with Crippen molar-refractivity contribution < 1.29 is 14.5 Å². The Morgan fingerprint density at radius 2 is 1.24 bits per heavy atom. The van der Waals surface area contributed by atoms with E-state index in [0.717, 1.165) is 15.9 Å². The Kier molecular flexibility index (Phi) is 6.48. The number of rotatable bonds is 6. The lowest BCUT2D eigenvalue weighted by atomic mass is 10.1. The maximum absolute atomic E-state index is 12.6. The lowest BCUT2D eigenvalue weighted by molar-refractivity contribution is -0.384. The molecule has 0 saturated carbocycles. The second-order valence-electron chi connectivity index (χ2n) is 7.19. The lowest BCUT2D eigenvalue weighted by Crippen LogP contribution is -2.25. The van der Waals surface area contributed by atoms with Crippen molar-refractivity contribution in [2.75, 3.05) is 7.11 Å². The average Bonchev–Trinajstić information content (AvgIpc) is 2.88. The van der Waals surface area contributed by atoms with Gasteiger partial charge in [-0.15, -0.1) is 0 Å². The summed E-state index contributed by atoms with van der Waals surface area (Å²) in [6.45, 7) is 0. The molecule has 4 aromatic carbocycles. The summed E-state index contributed by atoms with van der Waals surface area (Å²) in [6, 6.07) is 33.5. The van der Waals surface area contributed by atoms with Crippen LogP contribution in [0.1, 0.15) is 10.4 Å². The van der Waals surface area contributed by atoms with E-state index >= 15 is 0 Å². The zero-order chi connectivity index (χ0) is 23.3. The molecule has 6 nitrogen and oxygen atoms in total. The number of nitro benzene ring substituents is 1. The first-order valence-corrected chi connectivity index (χ1v) is 12.0. The molecule has 0 amide bonds. The molecule has 0 unspecified atom stereocenters. The minimum Gasteiger partial charge on any atom is -0.465 e. The smallest absolute Gasteiger partial charge is 0.340 e. The molecule has 7 heteroatoms. The van der Waals surface area contributed by atoms with Crippen molar-refractivity contribution in [2.24, 2.45) is 4.74 Å². The molecule has 164 valence electrons. The van der Waals surface area contributed by atoms with Crippen molar-refractivity contribution in [1.29, 1.82) is 0 Å². The molecule has 0 aliphatic rings. The molecule has 0 aromatic heterocycles. The van der Waals surface area contributed by atoms with Crippen LogP contribution in [0.4, 0.5) is 11.4 Å². The van der Waals surface area contributed by atoms with Gasteiger partial charge in [0.05, 0.1) is 30.3 Å². The Hall–Kier alpha value is -4.02. The van der Waals surface area contributed by atoms with Gasteiger partial charge in [0.1, 0.15) is 0 Å². The molecule has 0 aliphatic heterocycles. The van der Waals surface area contributed by atoms with Gasteiger partial charge < -0.3 is 4.74 Å². The molecule has 0 fully saturated rings. The zero-order valence-corrected chi connectivity index (χ0v) is 18.8. The fraction of sp³-hybridized carbons (Fsp3) is 0.0385. The van der Waals surface area contributed by atoms with Crippen molar-refractivity contribution in [2.45, 2.75) is 0 Å². The number of hydrogen-bond acceptors (Lipinski definition) is 5. The molecule has 0 spiro atoms. The van der Waals surface area contributed by atoms with Gasteiger partial charge in [0.15, 0.2) is 0 Å². The summed E-state index contributed by atoms with van der Waals surface area (Å²) in [5.41, 5.74) is 0.255. The Balaban J connectivity index is 2.18. The quantitative estimate of drug-likeness (QED) is 0.173. The molecular formula is C26H21N2O4P. The van der Waals surface area contributed by atoms with E-state index in [-0.39, 0.29) is 16.9 Å². The number of nitrogens with zero attached hydrogens (tertiary/aromatic N) is 2. The second-order valence-corrected chi connectivity index (χ2v) is 10.2. The standard InChI is InChI=1S/C26H21N2O4P/c1-32-26(29)24-18-17-20(28(30)31)19-25(24)27-33(21-11-5-2-6-12-21,22-13-7-3-8-14-22)23-15-9-4-10-16-23/h2-19H,1H3. The summed E-state index contributed by atoms with van der Waals surface area (Å²) < 4.78 is 10.2. The number of hydrogen-bond donors (Lipinski definition) is 0. The molecule has 4 rings (SSSR count). The highest BCUT2D eigenvalue weighted by Gasteiger charge is 2.29. The van der Waals surface area contributed by atoms with E-state index in [4.69, 9.17) is 9.48 Å². The third-order valence-corrected chi connectivity index (χ3v) is 8.90.